The van der Waals surface area contributed by atoms with Crippen LogP contribution in [-0.2, 0) is 20.1 Å². The van der Waals surface area contributed by atoms with Crippen LogP contribution in [0.1, 0.15) is 80.3 Å². The van der Waals surface area contributed by atoms with Gasteiger partial charge in [-0.05, 0) is 52.2 Å². The maximum atomic E-state index is 6.28. The van der Waals surface area contributed by atoms with Gasteiger partial charge in [0.2, 0.25) is 5.71 Å². The molecule has 0 aliphatic rings. The van der Waals surface area contributed by atoms with Gasteiger partial charge >= 0.3 is 0 Å². The van der Waals surface area contributed by atoms with E-state index >= 15 is 0 Å². The van der Waals surface area contributed by atoms with Crippen LogP contribution in [0.3, 0.4) is 0 Å². The van der Waals surface area contributed by atoms with E-state index in [1.807, 2.05) is 30.5 Å². The van der Waals surface area contributed by atoms with Crippen molar-refractivity contribution < 1.29 is 24.5 Å². The third-order valence-electron chi connectivity index (χ3n) is 9.38. The van der Waals surface area contributed by atoms with E-state index in [1.165, 1.54) is 27.4 Å². The summed E-state index contributed by atoms with van der Waals surface area (Å²) in [5.74, 6) is 1.16. The maximum Gasteiger partial charge on any atom is 0.216 e. The topological polar surface area (TPSA) is 51.8 Å². The van der Waals surface area contributed by atoms with Gasteiger partial charge in [-0.1, -0.05) is 126 Å². The zero-order valence-corrected chi connectivity index (χ0v) is 34.5. The molecule has 0 saturated carbocycles. The molecule has 4 nitrogen and oxygen atoms in total. The molecule has 0 fully saturated rings. The van der Waals surface area contributed by atoms with Gasteiger partial charge in [-0.3, -0.25) is 0 Å². The van der Waals surface area contributed by atoms with Gasteiger partial charge < -0.3 is 14.4 Å². The largest absolute Gasteiger partial charge is 0.486 e. The molecule has 0 N–H and O–H groups in total. The average molecular weight is 866 g/mol. The molecule has 0 aliphatic heterocycles. The number of hydrogen-bond acceptors (Lipinski definition) is 4. The standard InChI is InChI=1S/C27H23N2O.C18H24NSi.Ir/c1-17(2)20-14-15-28-25(16-20)23-11-7-10-21-22-12-13-24(29-27(22)30-26(21)23)18(3)19-8-5-4-6-9-19;1-13(2)16-11-17(15-9-7-14(3)8-10-15)19-12-18(16)20(4,5)6;/h4-10,12-18H,1-3H3;7-9,11-13H,1-6H3;/q2*-1;. The van der Waals surface area contributed by atoms with Crippen LogP contribution in [0.4, 0.5) is 0 Å². The summed E-state index contributed by atoms with van der Waals surface area (Å²) in [6.45, 7) is 20.3. The van der Waals surface area contributed by atoms with E-state index in [9.17, 15) is 0 Å². The molecule has 1 radical (unpaired) electrons. The van der Waals surface area contributed by atoms with Gasteiger partial charge in [0.15, 0.2) is 0 Å². The second-order valence-corrected chi connectivity index (χ2v) is 19.9. The Balaban J connectivity index is 0.000000211. The van der Waals surface area contributed by atoms with Gasteiger partial charge in [0.25, 0.3) is 0 Å². The Hall–Kier alpha value is -4.22. The third kappa shape index (κ3) is 8.47. The Morgan fingerprint density at radius 2 is 1.49 bits per heavy atom. The van der Waals surface area contributed by atoms with Crippen LogP contribution in [0.25, 0.3) is 44.6 Å². The Bertz CT molecular complexity index is 2240. The van der Waals surface area contributed by atoms with Crippen LogP contribution in [0, 0.1) is 19.1 Å². The van der Waals surface area contributed by atoms with Crippen LogP contribution >= 0.6 is 0 Å². The molecule has 0 spiro atoms. The van der Waals surface area contributed by atoms with Crippen LogP contribution in [0.2, 0.25) is 19.6 Å². The number of pyridine rings is 3. The van der Waals surface area contributed by atoms with E-state index in [0.29, 0.717) is 17.5 Å². The van der Waals surface area contributed by atoms with Crippen molar-refractivity contribution in [2.24, 2.45) is 0 Å². The second-order valence-electron chi connectivity index (χ2n) is 14.9. The third-order valence-corrected chi connectivity index (χ3v) is 11.4. The molecular formula is C45H47IrN3OSi-2. The number of benzene rings is 3. The number of rotatable bonds is 7. The first-order valence-corrected chi connectivity index (χ1v) is 21.1. The molecule has 0 aliphatic carbocycles. The Labute approximate surface area is 318 Å². The van der Waals surface area contributed by atoms with Crippen LogP contribution in [0.5, 0.6) is 0 Å². The summed E-state index contributed by atoms with van der Waals surface area (Å²) in [6.07, 6.45) is 3.96. The van der Waals surface area contributed by atoms with Crippen molar-refractivity contribution in [3.8, 4) is 22.5 Å². The molecule has 0 amide bonds. The molecule has 1 atom stereocenters. The summed E-state index contributed by atoms with van der Waals surface area (Å²) >= 11 is 0. The molecule has 0 saturated heterocycles. The Morgan fingerprint density at radius 1 is 0.725 bits per heavy atom. The number of aromatic nitrogens is 3. The Kier molecular flexibility index (Phi) is 11.9. The first-order chi connectivity index (χ1) is 23.9. The molecule has 3 aromatic carbocycles. The summed E-state index contributed by atoms with van der Waals surface area (Å²) in [5.41, 5.74) is 11.5. The number of fused-ring (bicyclic) bond motifs is 3. The van der Waals surface area contributed by atoms with E-state index in [4.69, 9.17) is 14.4 Å². The van der Waals surface area contributed by atoms with Crippen LogP contribution in [0.15, 0.2) is 108 Å². The normalized spacial score (nSPS) is 12.1. The van der Waals surface area contributed by atoms with Crippen molar-refractivity contribution >= 4 is 35.3 Å². The average Bonchev–Trinajstić information content (AvgIpc) is 3.50. The molecule has 7 rings (SSSR count). The molecular weight excluding hydrogens is 819 g/mol. The van der Waals surface area contributed by atoms with Gasteiger partial charge in [-0.15, -0.1) is 53.6 Å². The van der Waals surface area contributed by atoms with Gasteiger partial charge in [0, 0.05) is 43.8 Å². The fourth-order valence-corrected chi connectivity index (χ4v) is 7.99. The first-order valence-electron chi connectivity index (χ1n) is 17.6. The van der Waals surface area contributed by atoms with Gasteiger partial charge in [0.1, 0.15) is 0 Å². The monoisotopic (exact) mass is 866 g/mol. The van der Waals surface area contributed by atoms with E-state index in [1.54, 1.807) is 0 Å². The maximum absolute atomic E-state index is 6.28. The van der Waals surface area contributed by atoms with Crippen LogP contribution < -0.4 is 5.19 Å². The predicted octanol–water partition coefficient (Wildman–Crippen LogP) is 11.6. The molecule has 4 aromatic heterocycles. The molecule has 4 heterocycles. The smallest absolute Gasteiger partial charge is 0.216 e. The predicted molar refractivity (Wildman–Crippen MR) is 212 cm³/mol. The fourth-order valence-electron chi connectivity index (χ4n) is 6.31. The fraction of sp³-hybridized carbons (Fsp3) is 0.267. The van der Waals surface area contributed by atoms with E-state index in [-0.39, 0.29) is 26.0 Å². The molecule has 1 unspecified atom stereocenters. The van der Waals surface area contributed by atoms with Crippen molar-refractivity contribution in [3.63, 3.8) is 0 Å². The number of nitrogens with zero attached hydrogens (tertiary/aromatic N) is 3. The summed E-state index contributed by atoms with van der Waals surface area (Å²) in [4.78, 5) is 14.1. The van der Waals surface area contributed by atoms with Crippen molar-refractivity contribution in [3.05, 3.63) is 143 Å². The van der Waals surface area contributed by atoms with Crippen molar-refractivity contribution in [1.29, 1.82) is 0 Å². The number of hydrogen-bond donors (Lipinski definition) is 0. The van der Waals surface area contributed by atoms with E-state index < -0.39 is 8.07 Å². The molecule has 7 aromatic rings. The van der Waals surface area contributed by atoms with Crippen molar-refractivity contribution in [1.82, 2.24) is 15.0 Å². The van der Waals surface area contributed by atoms with Gasteiger partial charge in [-0.25, -0.2) is 4.98 Å². The first kappa shape index (κ1) is 38.0. The summed E-state index contributed by atoms with van der Waals surface area (Å²) in [6, 6.07) is 38.0. The number of furan rings is 1. The molecule has 263 valence electrons. The number of aryl methyl sites for hydroxylation is 1. The van der Waals surface area contributed by atoms with Crippen molar-refractivity contribution in [2.45, 2.75) is 78.9 Å². The van der Waals surface area contributed by atoms with Crippen molar-refractivity contribution in [2.75, 3.05) is 0 Å². The quantitative estimate of drug-likeness (QED) is 0.118. The van der Waals surface area contributed by atoms with E-state index in [0.717, 1.165) is 44.6 Å². The SMILES string of the molecule is CC(C)c1ccnc(-c2[c-]ccc3c2oc2nc(C(C)c4ccccc4)ccc23)c1.Cc1c[c-]c(-c2cc(C(C)C)c([Si](C)(C)C)cn2)cc1.[Ir]. The minimum atomic E-state index is -1.35. The van der Waals surface area contributed by atoms with Gasteiger partial charge in [0.05, 0.1) is 19.4 Å². The molecule has 0 bridgehead atoms. The second kappa shape index (κ2) is 16.0. The summed E-state index contributed by atoms with van der Waals surface area (Å²) in [7, 11) is -1.35. The van der Waals surface area contributed by atoms with Crippen LogP contribution in [-0.4, -0.2) is 23.0 Å². The van der Waals surface area contributed by atoms with Gasteiger partial charge in [-0.2, -0.15) is 0 Å². The molecule has 51 heavy (non-hydrogen) atoms. The Morgan fingerprint density at radius 3 is 2.16 bits per heavy atom. The summed E-state index contributed by atoms with van der Waals surface area (Å²) < 4.78 is 6.28. The zero-order chi connectivity index (χ0) is 35.6. The molecule has 6 heteroatoms. The van der Waals surface area contributed by atoms with E-state index in [2.05, 4.69) is 151 Å². The summed E-state index contributed by atoms with van der Waals surface area (Å²) in [5, 5.41) is 3.54. The minimum Gasteiger partial charge on any atom is -0.486 e. The minimum absolute atomic E-state index is 0. The zero-order valence-electron chi connectivity index (χ0n) is 31.1.